The van der Waals surface area contributed by atoms with Crippen molar-refractivity contribution in [3.05, 3.63) is 61.2 Å². The second-order valence-electron chi connectivity index (χ2n) is 5.14. The number of rotatable bonds is 4. The monoisotopic (exact) mass is 343 g/mol. The van der Waals surface area contributed by atoms with Crippen molar-refractivity contribution in [1.29, 1.82) is 0 Å². The van der Waals surface area contributed by atoms with Gasteiger partial charge in [0.25, 0.3) is 10.0 Å². The Morgan fingerprint density at radius 3 is 2.58 bits per heavy atom. The fourth-order valence-corrected chi connectivity index (χ4v) is 3.45. The van der Waals surface area contributed by atoms with Crippen molar-refractivity contribution in [3.63, 3.8) is 0 Å². The molecule has 122 valence electrons. The van der Waals surface area contributed by atoms with E-state index in [0.29, 0.717) is 17.2 Å². The van der Waals surface area contributed by atoms with Crippen LogP contribution in [-0.4, -0.2) is 24.8 Å². The highest BCUT2D eigenvalue weighted by atomic mass is 32.2. The van der Waals surface area contributed by atoms with Gasteiger partial charge in [-0.15, -0.1) is 0 Å². The van der Waals surface area contributed by atoms with E-state index in [0.717, 1.165) is 5.69 Å². The molecule has 2 heterocycles. The Morgan fingerprint density at radius 1 is 1.04 bits per heavy atom. The Labute approximate surface area is 138 Å². The Balaban J connectivity index is 1.57. The zero-order valence-electron chi connectivity index (χ0n) is 12.4. The molecule has 0 fully saturated rings. The molecule has 7 nitrogen and oxygen atoms in total. The molecule has 1 aromatic heterocycles. The van der Waals surface area contributed by atoms with Crippen LogP contribution in [0.3, 0.4) is 0 Å². The number of imidazole rings is 1. The van der Waals surface area contributed by atoms with Crippen molar-refractivity contribution < 1.29 is 17.9 Å². The SMILES string of the molecule is O=S(=O)(Nc1ccc(-n2ccnc2)cc1)c1ccc2c(c1)OCO2. The van der Waals surface area contributed by atoms with Crippen LogP contribution in [0.15, 0.2) is 66.1 Å². The number of nitrogens with one attached hydrogen (secondary N) is 1. The van der Waals surface area contributed by atoms with Crippen molar-refractivity contribution in [3.8, 4) is 17.2 Å². The summed E-state index contributed by atoms with van der Waals surface area (Å²) in [6, 6.07) is 11.5. The van der Waals surface area contributed by atoms with Gasteiger partial charge in [-0.2, -0.15) is 0 Å². The van der Waals surface area contributed by atoms with Gasteiger partial charge >= 0.3 is 0 Å². The quantitative estimate of drug-likeness (QED) is 0.786. The summed E-state index contributed by atoms with van der Waals surface area (Å²) < 4.78 is 39.8. The lowest BCUT2D eigenvalue weighted by atomic mass is 10.3. The molecule has 0 saturated heterocycles. The van der Waals surface area contributed by atoms with E-state index < -0.39 is 10.0 Å². The first kappa shape index (κ1) is 14.6. The van der Waals surface area contributed by atoms with Gasteiger partial charge in [-0.05, 0) is 36.4 Å². The van der Waals surface area contributed by atoms with Crippen molar-refractivity contribution in [1.82, 2.24) is 9.55 Å². The summed E-state index contributed by atoms with van der Waals surface area (Å²) in [6.45, 7) is 0.0992. The minimum atomic E-state index is -3.71. The molecular weight excluding hydrogens is 330 g/mol. The number of anilines is 1. The molecule has 0 amide bonds. The van der Waals surface area contributed by atoms with Gasteiger partial charge in [0.05, 0.1) is 11.2 Å². The normalized spacial score (nSPS) is 13.0. The summed E-state index contributed by atoms with van der Waals surface area (Å²) in [5.41, 5.74) is 1.36. The van der Waals surface area contributed by atoms with Gasteiger partial charge in [0.15, 0.2) is 11.5 Å². The Hall–Kier alpha value is -3.00. The largest absolute Gasteiger partial charge is 0.454 e. The lowest BCUT2D eigenvalue weighted by molar-refractivity contribution is 0.174. The molecule has 2 aromatic carbocycles. The third-order valence-electron chi connectivity index (χ3n) is 3.58. The summed E-state index contributed by atoms with van der Waals surface area (Å²) in [6.07, 6.45) is 5.16. The number of hydrogen-bond acceptors (Lipinski definition) is 5. The first-order valence-electron chi connectivity index (χ1n) is 7.13. The van der Waals surface area contributed by atoms with Gasteiger partial charge in [-0.25, -0.2) is 13.4 Å². The summed E-state index contributed by atoms with van der Waals surface area (Å²) in [5, 5.41) is 0. The molecule has 4 rings (SSSR count). The predicted molar refractivity (Wildman–Crippen MR) is 86.9 cm³/mol. The van der Waals surface area contributed by atoms with E-state index in [2.05, 4.69) is 9.71 Å². The maximum atomic E-state index is 12.5. The highest BCUT2D eigenvalue weighted by molar-refractivity contribution is 7.92. The number of fused-ring (bicyclic) bond motifs is 1. The second-order valence-corrected chi connectivity index (χ2v) is 6.82. The minimum absolute atomic E-state index is 0.0992. The summed E-state index contributed by atoms with van der Waals surface area (Å²) in [5.74, 6) is 0.965. The van der Waals surface area contributed by atoms with Crippen molar-refractivity contribution in [2.24, 2.45) is 0 Å². The number of ether oxygens (including phenoxy) is 2. The Bertz CT molecular complexity index is 967. The Kier molecular flexibility index (Phi) is 3.39. The lowest BCUT2D eigenvalue weighted by Crippen LogP contribution is -2.12. The summed E-state index contributed by atoms with van der Waals surface area (Å²) >= 11 is 0. The van der Waals surface area contributed by atoms with Gasteiger partial charge in [0.2, 0.25) is 6.79 Å². The first-order chi connectivity index (χ1) is 11.6. The molecule has 1 aliphatic rings. The lowest BCUT2D eigenvalue weighted by Gasteiger charge is -2.09. The van der Waals surface area contributed by atoms with Crippen LogP contribution < -0.4 is 14.2 Å². The van der Waals surface area contributed by atoms with Gasteiger partial charge in [-0.3, -0.25) is 4.72 Å². The molecule has 0 unspecified atom stereocenters. The van der Waals surface area contributed by atoms with Crippen LogP contribution in [0.25, 0.3) is 5.69 Å². The summed E-state index contributed by atoms with van der Waals surface area (Å²) in [4.78, 5) is 4.09. The van der Waals surface area contributed by atoms with Crippen LogP contribution in [0.2, 0.25) is 0 Å². The molecule has 0 aliphatic carbocycles. The third-order valence-corrected chi connectivity index (χ3v) is 4.96. The van der Waals surface area contributed by atoms with Gasteiger partial charge in [0, 0.05) is 29.8 Å². The first-order valence-corrected chi connectivity index (χ1v) is 8.61. The summed E-state index contributed by atoms with van der Waals surface area (Å²) in [7, 11) is -3.71. The Morgan fingerprint density at radius 2 is 1.83 bits per heavy atom. The average Bonchev–Trinajstić information content (AvgIpc) is 3.26. The van der Waals surface area contributed by atoms with Crippen LogP contribution in [-0.2, 0) is 10.0 Å². The van der Waals surface area contributed by atoms with Gasteiger partial charge in [0.1, 0.15) is 0 Å². The molecular formula is C16H13N3O4S. The van der Waals surface area contributed by atoms with Crippen molar-refractivity contribution in [2.45, 2.75) is 4.90 Å². The van der Waals surface area contributed by atoms with Crippen molar-refractivity contribution >= 4 is 15.7 Å². The van der Waals surface area contributed by atoms with Crippen LogP contribution in [0.1, 0.15) is 0 Å². The molecule has 1 N–H and O–H groups in total. The molecule has 0 atom stereocenters. The van der Waals surface area contributed by atoms with Crippen LogP contribution >= 0.6 is 0 Å². The molecule has 1 aliphatic heterocycles. The molecule has 3 aromatic rings. The van der Waals surface area contributed by atoms with E-state index in [1.165, 1.54) is 12.1 Å². The number of benzene rings is 2. The van der Waals surface area contributed by atoms with E-state index in [1.807, 2.05) is 10.8 Å². The smallest absolute Gasteiger partial charge is 0.262 e. The standard InChI is InChI=1S/C16H13N3O4S/c20-24(21,14-5-6-15-16(9-14)23-11-22-15)18-12-1-3-13(4-2-12)19-8-7-17-10-19/h1-10,18H,11H2. The maximum Gasteiger partial charge on any atom is 0.262 e. The third kappa shape index (κ3) is 2.67. The number of nitrogens with zero attached hydrogens (tertiary/aromatic N) is 2. The van der Waals surface area contributed by atoms with E-state index in [4.69, 9.17) is 9.47 Å². The molecule has 8 heteroatoms. The van der Waals surface area contributed by atoms with Crippen LogP contribution in [0.4, 0.5) is 5.69 Å². The average molecular weight is 343 g/mol. The molecule has 0 radical (unpaired) electrons. The molecule has 0 spiro atoms. The van der Waals surface area contributed by atoms with Crippen LogP contribution in [0.5, 0.6) is 11.5 Å². The van der Waals surface area contributed by atoms with E-state index in [-0.39, 0.29) is 11.7 Å². The molecule has 0 bridgehead atoms. The van der Waals surface area contributed by atoms with Crippen LogP contribution in [0, 0.1) is 0 Å². The number of hydrogen-bond donors (Lipinski definition) is 1. The number of aromatic nitrogens is 2. The maximum absolute atomic E-state index is 12.5. The predicted octanol–water partition coefficient (Wildman–Crippen LogP) is 2.40. The van der Waals surface area contributed by atoms with E-state index in [1.54, 1.807) is 42.9 Å². The highest BCUT2D eigenvalue weighted by Gasteiger charge is 2.20. The minimum Gasteiger partial charge on any atom is -0.454 e. The van der Waals surface area contributed by atoms with Gasteiger partial charge < -0.3 is 14.0 Å². The zero-order chi connectivity index (χ0) is 16.6. The van der Waals surface area contributed by atoms with Gasteiger partial charge in [-0.1, -0.05) is 0 Å². The topological polar surface area (TPSA) is 82.5 Å². The van der Waals surface area contributed by atoms with Crippen molar-refractivity contribution in [2.75, 3.05) is 11.5 Å². The fraction of sp³-hybridized carbons (Fsp3) is 0.0625. The van der Waals surface area contributed by atoms with E-state index >= 15 is 0 Å². The molecule has 0 saturated carbocycles. The zero-order valence-corrected chi connectivity index (χ0v) is 13.2. The molecule has 24 heavy (non-hydrogen) atoms. The second kappa shape index (κ2) is 5.57. The number of sulfonamides is 1. The fourth-order valence-electron chi connectivity index (χ4n) is 2.37. The van der Waals surface area contributed by atoms with E-state index in [9.17, 15) is 8.42 Å². The highest BCUT2D eigenvalue weighted by Crippen LogP contribution is 2.34.